The summed E-state index contributed by atoms with van der Waals surface area (Å²) in [7, 11) is 0. The third-order valence-corrected chi connectivity index (χ3v) is 7.65. The van der Waals surface area contributed by atoms with E-state index in [9.17, 15) is 9.90 Å². The molecule has 36 heavy (non-hydrogen) atoms. The summed E-state index contributed by atoms with van der Waals surface area (Å²) in [6, 6.07) is 12.1. The molecule has 3 heterocycles. The number of fused-ring (bicyclic) bond motifs is 1. The number of likely N-dealkylation sites (tertiary alicyclic amines) is 1. The molecular weight excluding hydrogens is 470 g/mol. The van der Waals surface area contributed by atoms with Crippen LogP contribution in [0.3, 0.4) is 0 Å². The van der Waals surface area contributed by atoms with E-state index in [0.717, 1.165) is 52.3 Å². The van der Waals surface area contributed by atoms with Crippen molar-refractivity contribution in [2.75, 3.05) is 6.54 Å². The highest BCUT2D eigenvalue weighted by Gasteiger charge is 2.35. The Hall–Kier alpha value is -2.51. The van der Waals surface area contributed by atoms with Gasteiger partial charge in [0.1, 0.15) is 11.9 Å². The number of pyridine rings is 1. The second kappa shape index (κ2) is 10.5. The van der Waals surface area contributed by atoms with Crippen LogP contribution in [0, 0.1) is 0 Å². The molecule has 2 unspecified atom stereocenters. The standard InChI is InChI=1S/C29H39N3O3S/c1-19(33)32-15-9-11-25(32)26(16-20-10-7-8-14-30-20)35-21-12-13-23-22(17-21)27(36-28(2,3)4)24(31-23)18-29(5,6)34/h7-8,10,12-14,17,25-26,31,34H,9,11,15-16,18H2,1-6H3. The number of hydrogen-bond donors (Lipinski definition) is 2. The Bertz CT molecular complexity index is 1190. The topological polar surface area (TPSA) is 78.5 Å². The monoisotopic (exact) mass is 509 g/mol. The second-order valence-electron chi connectivity index (χ2n) is 11.4. The highest BCUT2D eigenvalue weighted by Crippen LogP contribution is 2.41. The summed E-state index contributed by atoms with van der Waals surface area (Å²) in [6.45, 7) is 12.7. The first-order valence-electron chi connectivity index (χ1n) is 12.8. The molecule has 7 heteroatoms. The van der Waals surface area contributed by atoms with Gasteiger partial charge in [0.25, 0.3) is 0 Å². The van der Waals surface area contributed by atoms with Gasteiger partial charge in [-0.25, -0.2) is 0 Å². The number of aromatic amines is 1. The zero-order valence-electron chi connectivity index (χ0n) is 22.3. The lowest BCUT2D eigenvalue weighted by Crippen LogP contribution is -2.45. The summed E-state index contributed by atoms with van der Waals surface area (Å²) >= 11 is 1.80. The van der Waals surface area contributed by atoms with E-state index >= 15 is 0 Å². The molecule has 0 saturated carbocycles. The van der Waals surface area contributed by atoms with Crippen molar-refractivity contribution in [3.05, 3.63) is 54.0 Å². The number of benzene rings is 1. The first kappa shape index (κ1) is 26.6. The first-order chi connectivity index (χ1) is 16.9. The van der Waals surface area contributed by atoms with Crippen LogP contribution in [0.25, 0.3) is 10.9 Å². The maximum atomic E-state index is 12.4. The number of nitrogens with zero attached hydrogens (tertiary/aromatic N) is 2. The largest absolute Gasteiger partial charge is 0.488 e. The van der Waals surface area contributed by atoms with Crippen LogP contribution in [-0.2, 0) is 17.6 Å². The van der Waals surface area contributed by atoms with Crippen molar-refractivity contribution in [2.24, 2.45) is 0 Å². The molecule has 1 aromatic carbocycles. The van der Waals surface area contributed by atoms with Crippen molar-refractivity contribution < 1.29 is 14.6 Å². The van der Waals surface area contributed by atoms with Crippen molar-refractivity contribution in [1.82, 2.24) is 14.9 Å². The predicted molar refractivity (Wildman–Crippen MR) is 147 cm³/mol. The van der Waals surface area contributed by atoms with Gasteiger partial charge in [-0.15, -0.1) is 11.8 Å². The van der Waals surface area contributed by atoms with E-state index in [0.29, 0.717) is 12.8 Å². The van der Waals surface area contributed by atoms with Crippen molar-refractivity contribution in [3.8, 4) is 5.75 Å². The number of thioether (sulfide) groups is 1. The molecule has 2 atom stereocenters. The highest BCUT2D eigenvalue weighted by atomic mass is 32.2. The number of rotatable bonds is 8. The van der Waals surface area contributed by atoms with E-state index < -0.39 is 5.60 Å². The number of amides is 1. The number of carbonyl (C=O) groups excluding carboxylic acids is 1. The first-order valence-corrected chi connectivity index (χ1v) is 13.6. The minimum Gasteiger partial charge on any atom is -0.488 e. The van der Waals surface area contributed by atoms with Gasteiger partial charge in [-0.05, 0) is 57.0 Å². The van der Waals surface area contributed by atoms with Crippen LogP contribution in [0.5, 0.6) is 5.75 Å². The Kier molecular flexibility index (Phi) is 7.72. The second-order valence-corrected chi connectivity index (χ2v) is 13.3. The van der Waals surface area contributed by atoms with Gasteiger partial charge < -0.3 is 19.7 Å². The molecule has 194 valence electrons. The van der Waals surface area contributed by atoms with Crippen molar-refractivity contribution in [1.29, 1.82) is 0 Å². The molecule has 0 radical (unpaired) electrons. The van der Waals surface area contributed by atoms with Crippen LogP contribution in [0.15, 0.2) is 47.5 Å². The van der Waals surface area contributed by atoms with Gasteiger partial charge >= 0.3 is 0 Å². The molecule has 0 aliphatic carbocycles. The van der Waals surface area contributed by atoms with E-state index in [1.165, 1.54) is 0 Å². The fraction of sp³-hybridized carbons (Fsp3) is 0.517. The normalized spacial score (nSPS) is 17.5. The minimum absolute atomic E-state index is 0.00762. The van der Waals surface area contributed by atoms with E-state index in [4.69, 9.17) is 4.74 Å². The summed E-state index contributed by atoms with van der Waals surface area (Å²) in [5, 5.41) is 11.6. The molecule has 1 saturated heterocycles. The average Bonchev–Trinajstić information content (AvgIpc) is 3.38. The summed E-state index contributed by atoms with van der Waals surface area (Å²) in [5.41, 5.74) is 2.20. The number of hydrogen-bond acceptors (Lipinski definition) is 5. The van der Waals surface area contributed by atoms with Crippen molar-refractivity contribution in [2.45, 2.75) is 94.6 Å². The number of carbonyl (C=O) groups is 1. The van der Waals surface area contributed by atoms with Gasteiger partial charge in [-0.2, -0.15) is 0 Å². The van der Waals surface area contributed by atoms with Crippen LogP contribution in [0.4, 0.5) is 0 Å². The molecule has 4 rings (SSSR count). The molecule has 3 aromatic rings. The zero-order valence-corrected chi connectivity index (χ0v) is 23.1. The van der Waals surface area contributed by atoms with Gasteiger partial charge in [0.05, 0.1) is 11.6 Å². The summed E-state index contributed by atoms with van der Waals surface area (Å²) in [6.07, 6.45) is 4.68. The fourth-order valence-electron chi connectivity index (χ4n) is 4.98. The summed E-state index contributed by atoms with van der Waals surface area (Å²) in [4.78, 5) is 23.5. The number of aliphatic hydroxyl groups is 1. The Morgan fingerprint density at radius 2 is 2.03 bits per heavy atom. The summed E-state index contributed by atoms with van der Waals surface area (Å²) in [5.74, 6) is 0.872. The molecule has 1 aliphatic heterocycles. The molecule has 1 amide bonds. The number of H-pyrrole nitrogens is 1. The minimum atomic E-state index is -0.820. The lowest BCUT2D eigenvalue weighted by atomic mass is 10.0. The Morgan fingerprint density at radius 3 is 2.67 bits per heavy atom. The van der Waals surface area contributed by atoms with Gasteiger partial charge in [-0.1, -0.05) is 26.8 Å². The molecule has 6 nitrogen and oxygen atoms in total. The molecule has 2 N–H and O–H groups in total. The quantitative estimate of drug-likeness (QED) is 0.377. The van der Waals surface area contributed by atoms with Gasteiger partial charge in [0.2, 0.25) is 5.91 Å². The molecule has 1 fully saturated rings. The lowest BCUT2D eigenvalue weighted by molar-refractivity contribution is -0.131. The number of aromatic nitrogens is 2. The van der Waals surface area contributed by atoms with Crippen LogP contribution in [-0.4, -0.2) is 54.9 Å². The molecule has 2 aromatic heterocycles. The third kappa shape index (κ3) is 6.62. The average molecular weight is 510 g/mol. The van der Waals surface area contributed by atoms with E-state index in [1.807, 2.05) is 43.0 Å². The van der Waals surface area contributed by atoms with Crippen molar-refractivity contribution >= 4 is 28.6 Å². The Labute approximate surface area is 218 Å². The van der Waals surface area contributed by atoms with Crippen LogP contribution >= 0.6 is 11.8 Å². The van der Waals surface area contributed by atoms with Gasteiger partial charge in [0, 0.05) is 64.4 Å². The Morgan fingerprint density at radius 1 is 1.25 bits per heavy atom. The fourth-order valence-corrected chi connectivity index (χ4v) is 6.12. The maximum Gasteiger partial charge on any atom is 0.219 e. The molecule has 1 aliphatic rings. The smallest absolute Gasteiger partial charge is 0.219 e. The zero-order chi connectivity index (χ0) is 26.1. The van der Waals surface area contributed by atoms with Crippen LogP contribution < -0.4 is 4.74 Å². The molecular formula is C29H39N3O3S. The van der Waals surface area contributed by atoms with Gasteiger partial charge in [0.15, 0.2) is 0 Å². The van der Waals surface area contributed by atoms with E-state index in [-0.39, 0.29) is 22.8 Å². The highest BCUT2D eigenvalue weighted by molar-refractivity contribution is 8.00. The molecule has 0 bridgehead atoms. The third-order valence-electron chi connectivity index (χ3n) is 6.37. The SMILES string of the molecule is CC(=O)N1CCCC1C(Cc1ccccn1)Oc1ccc2[nH]c(CC(C)(C)O)c(SC(C)(C)C)c2c1. The Balaban J connectivity index is 1.70. The number of nitrogens with one attached hydrogen (secondary N) is 1. The predicted octanol–water partition coefficient (Wildman–Crippen LogP) is 5.77. The van der Waals surface area contributed by atoms with Crippen molar-refractivity contribution in [3.63, 3.8) is 0 Å². The van der Waals surface area contributed by atoms with E-state index in [2.05, 4.69) is 42.9 Å². The van der Waals surface area contributed by atoms with E-state index in [1.54, 1.807) is 24.9 Å². The molecule has 0 spiro atoms. The lowest BCUT2D eigenvalue weighted by Gasteiger charge is -2.31. The maximum absolute atomic E-state index is 12.4. The summed E-state index contributed by atoms with van der Waals surface area (Å²) < 4.78 is 6.69. The van der Waals surface area contributed by atoms with Crippen LogP contribution in [0.1, 0.15) is 65.8 Å². The number of ether oxygens (including phenoxy) is 1. The van der Waals surface area contributed by atoms with Crippen LogP contribution in [0.2, 0.25) is 0 Å². The van der Waals surface area contributed by atoms with Gasteiger partial charge in [-0.3, -0.25) is 9.78 Å².